The maximum absolute atomic E-state index is 13.2. The van der Waals surface area contributed by atoms with Crippen LogP contribution in [0.25, 0.3) is 0 Å². The SMILES string of the molecule is COc1cc(C(=O)Cc2cc(F)ccc2Cl)ccc1C. The van der Waals surface area contributed by atoms with Gasteiger partial charge in [-0.15, -0.1) is 0 Å². The Balaban J connectivity index is 2.26. The molecule has 0 aromatic heterocycles. The lowest BCUT2D eigenvalue weighted by atomic mass is 10.0. The highest BCUT2D eigenvalue weighted by molar-refractivity contribution is 6.31. The first-order chi connectivity index (χ1) is 9.51. The van der Waals surface area contributed by atoms with Crippen molar-refractivity contribution < 1.29 is 13.9 Å². The Bertz CT molecular complexity index is 653. The molecule has 0 radical (unpaired) electrons. The number of ketones is 1. The lowest BCUT2D eigenvalue weighted by Gasteiger charge is -2.08. The molecule has 2 rings (SSSR count). The van der Waals surface area contributed by atoms with E-state index in [1.54, 1.807) is 19.2 Å². The maximum atomic E-state index is 13.2. The molecule has 0 aliphatic rings. The number of Topliss-reactive ketones (excluding diaryl/α,β-unsaturated/α-hetero) is 1. The minimum Gasteiger partial charge on any atom is -0.496 e. The van der Waals surface area contributed by atoms with Crippen molar-refractivity contribution >= 4 is 17.4 Å². The van der Waals surface area contributed by atoms with Gasteiger partial charge in [0, 0.05) is 17.0 Å². The topological polar surface area (TPSA) is 26.3 Å². The Labute approximate surface area is 122 Å². The summed E-state index contributed by atoms with van der Waals surface area (Å²) in [4.78, 5) is 12.2. The van der Waals surface area contributed by atoms with E-state index in [1.165, 1.54) is 18.2 Å². The Morgan fingerprint density at radius 2 is 2.00 bits per heavy atom. The molecule has 0 atom stereocenters. The lowest BCUT2D eigenvalue weighted by Crippen LogP contribution is -2.05. The van der Waals surface area contributed by atoms with E-state index in [1.807, 2.05) is 13.0 Å². The van der Waals surface area contributed by atoms with Crippen LogP contribution in [0.2, 0.25) is 5.02 Å². The highest BCUT2D eigenvalue weighted by Crippen LogP contribution is 2.22. The van der Waals surface area contributed by atoms with Crippen molar-refractivity contribution in [1.82, 2.24) is 0 Å². The third kappa shape index (κ3) is 3.17. The quantitative estimate of drug-likeness (QED) is 0.789. The average molecular weight is 293 g/mol. The highest BCUT2D eigenvalue weighted by Gasteiger charge is 2.12. The summed E-state index contributed by atoms with van der Waals surface area (Å²) in [7, 11) is 1.56. The van der Waals surface area contributed by atoms with Gasteiger partial charge in [-0.2, -0.15) is 0 Å². The van der Waals surface area contributed by atoms with Crippen LogP contribution in [0.4, 0.5) is 4.39 Å². The summed E-state index contributed by atoms with van der Waals surface area (Å²) < 4.78 is 18.4. The van der Waals surface area contributed by atoms with Crippen molar-refractivity contribution in [1.29, 1.82) is 0 Å². The molecule has 0 aliphatic carbocycles. The molecule has 2 aromatic carbocycles. The van der Waals surface area contributed by atoms with Gasteiger partial charge >= 0.3 is 0 Å². The monoisotopic (exact) mass is 292 g/mol. The number of hydrogen-bond donors (Lipinski definition) is 0. The summed E-state index contributed by atoms with van der Waals surface area (Å²) in [5.41, 5.74) is 1.96. The first kappa shape index (κ1) is 14.5. The van der Waals surface area contributed by atoms with E-state index in [4.69, 9.17) is 16.3 Å². The fourth-order valence-electron chi connectivity index (χ4n) is 1.95. The standard InChI is InChI=1S/C16H14ClFO2/c1-10-3-4-11(9-16(10)20-2)15(19)8-12-7-13(18)5-6-14(12)17/h3-7,9H,8H2,1-2H3. The van der Waals surface area contributed by atoms with E-state index < -0.39 is 5.82 Å². The van der Waals surface area contributed by atoms with E-state index >= 15 is 0 Å². The van der Waals surface area contributed by atoms with Crippen LogP contribution < -0.4 is 4.74 Å². The van der Waals surface area contributed by atoms with Crippen molar-refractivity contribution in [3.8, 4) is 5.75 Å². The number of benzene rings is 2. The van der Waals surface area contributed by atoms with Gasteiger partial charge in [0.05, 0.1) is 7.11 Å². The number of carbonyl (C=O) groups is 1. The van der Waals surface area contributed by atoms with E-state index in [0.29, 0.717) is 21.9 Å². The van der Waals surface area contributed by atoms with Gasteiger partial charge in [-0.3, -0.25) is 4.79 Å². The Morgan fingerprint density at radius 1 is 1.25 bits per heavy atom. The molecule has 0 unspecified atom stereocenters. The molecule has 104 valence electrons. The molecule has 0 N–H and O–H groups in total. The maximum Gasteiger partial charge on any atom is 0.167 e. The van der Waals surface area contributed by atoms with Crippen LogP contribution in [-0.2, 0) is 6.42 Å². The van der Waals surface area contributed by atoms with Gasteiger partial charge in [-0.05, 0) is 42.3 Å². The predicted octanol–water partition coefficient (Wildman–Crippen LogP) is 4.22. The van der Waals surface area contributed by atoms with Crippen LogP contribution in [0.15, 0.2) is 36.4 Å². The smallest absolute Gasteiger partial charge is 0.167 e. The van der Waals surface area contributed by atoms with E-state index in [0.717, 1.165) is 5.56 Å². The van der Waals surface area contributed by atoms with Crippen molar-refractivity contribution in [3.05, 3.63) is 63.9 Å². The second kappa shape index (κ2) is 6.06. The number of rotatable bonds is 4. The number of methoxy groups -OCH3 is 1. The fourth-order valence-corrected chi connectivity index (χ4v) is 2.13. The van der Waals surface area contributed by atoms with E-state index in [9.17, 15) is 9.18 Å². The van der Waals surface area contributed by atoms with Gasteiger partial charge in [-0.1, -0.05) is 23.7 Å². The van der Waals surface area contributed by atoms with Crippen molar-refractivity contribution in [2.75, 3.05) is 7.11 Å². The zero-order valence-corrected chi connectivity index (χ0v) is 12.0. The van der Waals surface area contributed by atoms with Crippen LogP contribution in [-0.4, -0.2) is 12.9 Å². The third-order valence-electron chi connectivity index (χ3n) is 3.09. The van der Waals surface area contributed by atoms with Gasteiger partial charge in [0.25, 0.3) is 0 Å². The van der Waals surface area contributed by atoms with Crippen molar-refractivity contribution in [2.45, 2.75) is 13.3 Å². The molecule has 0 heterocycles. The average Bonchev–Trinajstić information content (AvgIpc) is 2.43. The highest BCUT2D eigenvalue weighted by atomic mass is 35.5. The van der Waals surface area contributed by atoms with E-state index in [2.05, 4.69) is 0 Å². The van der Waals surface area contributed by atoms with Gasteiger partial charge in [0.2, 0.25) is 0 Å². The van der Waals surface area contributed by atoms with Crippen LogP contribution in [0.1, 0.15) is 21.5 Å². The van der Waals surface area contributed by atoms with Gasteiger partial charge in [0.15, 0.2) is 5.78 Å². The second-order valence-electron chi connectivity index (χ2n) is 4.52. The number of hydrogen-bond acceptors (Lipinski definition) is 2. The van der Waals surface area contributed by atoms with Crippen LogP contribution in [0.3, 0.4) is 0 Å². The third-order valence-corrected chi connectivity index (χ3v) is 3.46. The Hall–Kier alpha value is -1.87. The molecular weight excluding hydrogens is 279 g/mol. The molecular formula is C16H14ClFO2. The second-order valence-corrected chi connectivity index (χ2v) is 4.93. The molecule has 2 aromatic rings. The normalized spacial score (nSPS) is 10.4. The van der Waals surface area contributed by atoms with Gasteiger partial charge < -0.3 is 4.74 Å². The van der Waals surface area contributed by atoms with Crippen LogP contribution in [0, 0.1) is 12.7 Å². The Morgan fingerprint density at radius 3 is 2.70 bits per heavy atom. The molecule has 0 bridgehead atoms. The van der Waals surface area contributed by atoms with Crippen LogP contribution >= 0.6 is 11.6 Å². The summed E-state index contributed by atoms with van der Waals surface area (Å²) in [5.74, 6) is 0.121. The number of halogens is 2. The molecule has 0 saturated heterocycles. The first-order valence-electron chi connectivity index (χ1n) is 6.13. The predicted molar refractivity (Wildman–Crippen MR) is 77.2 cm³/mol. The Kier molecular flexibility index (Phi) is 4.40. The zero-order valence-electron chi connectivity index (χ0n) is 11.2. The van der Waals surface area contributed by atoms with Crippen molar-refractivity contribution in [2.24, 2.45) is 0 Å². The van der Waals surface area contributed by atoms with Gasteiger partial charge in [0.1, 0.15) is 11.6 Å². The van der Waals surface area contributed by atoms with Crippen molar-refractivity contribution in [3.63, 3.8) is 0 Å². The van der Waals surface area contributed by atoms with Crippen LogP contribution in [0.5, 0.6) is 5.75 Å². The van der Waals surface area contributed by atoms with Gasteiger partial charge in [-0.25, -0.2) is 4.39 Å². The summed E-state index contributed by atoms with van der Waals surface area (Å²) in [6, 6.07) is 9.24. The number of ether oxygens (including phenoxy) is 1. The van der Waals surface area contributed by atoms with E-state index in [-0.39, 0.29) is 12.2 Å². The fraction of sp³-hybridized carbons (Fsp3) is 0.188. The molecule has 4 heteroatoms. The lowest BCUT2D eigenvalue weighted by molar-refractivity contribution is 0.0992. The number of carbonyl (C=O) groups excluding carboxylic acids is 1. The minimum absolute atomic E-state index is 0.0583. The molecule has 2 nitrogen and oxygen atoms in total. The molecule has 0 aliphatic heterocycles. The number of aryl methyl sites for hydroxylation is 1. The largest absolute Gasteiger partial charge is 0.496 e. The summed E-state index contributed by atoms with van der Waals surface area (Å²) >= 11 is 5.97. The summed E-state index contributed by atoms with van der Waals surface area (Å²) in [6.45, 7) is 1.90. The minimum atomic E-state index is -0.404. The molecule has 0 fully saturated rings. The summed E-state index contributed by atoms with van der Waals surface area (Å²) in [5, 5.41) is 0.388. The summed E-state index contributed by atoms with van der Waals surface area (Å²) in [6.07, 6.45) is 0.0583. The molecule has 0 amide bonds. The molecule has 20 heavy (non-hydrogen) atoms. The molecule has 0 spiro atoms. The first-order valence-corrected chi connectivity index (χ1v) is 6.51. The molecule has 0 saturated carbocycles. The zero-order chi connectivity index (χ0) is 14.7.